The van der Waals surface area contributed by atoms with Gasteiger partial charge in [-0.1, -0.05) is 13.0 Å². The van der Waals surface area contributed by atoms with Crippen LogP contribution in [-0.2, 0) is 6.54 Å². The van der Waals surface area contributed by atoms with E-state index < -0.39 is 17.0 Å². The molecule has 0 saturated heterocycles. The summed E-state index contributed by atoms with van der Waals surface area (Å²) < 4.78 is 32.6. The predicted octanol–water partition coefficient (Wildman–Crippen LogP) is 2.04. The van der Waals surface area contributed by atoms with Crippen LogP contribution in [0.15, 0.2) is 28.9 Å². The molecule has 0 unspecified atom stereocenters. The lowest BCUT2D eigenvalue weighted by molar-refractivity contribution is 0.0399. The lowest BCUT2D eigenvalue weighted by atomic mass is 9.92. The maximum Gasteiger partial charge on any atom is 0.232 e. The first-order chi connectivity index (χ1) is 10.9. The van der Waals surface area contributed by atoms with Gasteiger partial charge in [0.25, 0.3) is 0 Å². The van der Waals surface area contributed by atoms with Crippen LogP contribution in [0.3, 0.4) is 0 Å². The van der Waals surface area contributed by atoms with Crippen molar-refractivity contribution in [2.75, 3.05) is 26.8 Å². The molecule has 7 heteroatoms. The number of oxazole rings is 1. The van der Waals surface area contributed by atoms with Gasteiger partial charge < -0.3 is 14.6 Å². The summed E-state index contributed by atoms with van der Waals surface area (Å²) in [6.45, 7) is 2.23. The van der Waals surface area contributed by atoms with Gasteiger partial charge in [-0.15, -0.1) is 0 Å². The average molecular weight is 326 g/mol. The molecular weight excluding hydrogens is 306 g/mol. The quantitative estimate of drug-likeness (QED) is 0.815. The molecule has 2 aromatic rings. The standard InChI is InChI=1S/C16H20F2N2O3/c1-16(9-21,10-22)8-20(2)6-11-7-23-15(19-11)14-12(17)4-3-5-13(14)18/h3-5,7,21-22H,6,8-10H2,1-2H3. The normalized spacial score (nSPS) is 12.1. The number of hydrogen-bond donors (Lipinski definition) is 2. The van der Waals surface area contributed by atoms with Gasteiger partial charge in [0.2, 0.25) is 5.89 Å². The van der Waals surface area contributed by atoms with Crippen molar-refractivity contribution in [3.63, 3.8) is 0 Å². The van der Waals surface area contributed by atoms with Gasteiger partial charge in [-0.2, -0.15) is 0 Å². The predicted molar refractivity (Wildman–Crippen MR) is 80.5 cm³/mol. The molecule has 0 saturated carbocycles. The lowest BCUT2D eigenvalue weighted by Gasteiger charge is -2.29. The topological polar surface area (TPSA) is 69.7 Å². The van der Waals surface area contributed by atoms with Gasteiger partial charge in [0.05, 0.1) is 18.9 Å². The maximum atomic E-state index is 13.7. The number of hydrogen-bond acceptors (Lipinski definition) is 5. The minimum Gasteiger partial charge on any atom is -0.444 e. The third-order valence-electron chi connectivity index (χ3n) is 3.58. The van der Waals surface area contributed by atoms with Crippen LogP contribution in [0.4, 0.5) is 8.78 Å². The molecule has 0 aliphatic carbocycles. The van der Waals surface area contributed by atoms with Crippen molar-refractivity contribution >= 4 is 0 Å². The average Bonchev–Trinajstić information content (AvgIpc) is 2.94. The third-order valence-corrected chi connectivity index (χ3v) is 3.58. The van der Waals surface area contributed by atoms with E-state index in [1.54, 1.807) is 14.0 Å². The number of benzene rings is 1. The SMILES string of the molecule is CN(Cc1coc(-c2c(F)cccc2F)n1)CC(C)(CO)CO. The molecule has 23 heavy (non-hydrogen) atoms. The van der Waals surface area contributed by atoms with Gasteiger partial charge in [0.1, 0.15) is 23.5 Å². The highest BCUT2D eigenvalue weighted by molar-refractivity contribution is 5.55. The van der Waals surface area contributed by atoms with Crippen LogP contribution in [-0.4, -0.2) is 46.9 Å². The van der Waals surface area contributed by atoms with E-state index in [0.717, 1.165) is 12.1 Å². The van der Waals surface area contributed by atoms with E-state index in [9.17, 15) is 19.0 Å². The van der Waals surface area contributed by atoms with Crippen LogP contribution in [0.1, 0.15) is 12.6 Å². The molecule has 0 amide bonds. The number of nitrogens with zero attached hydrogens (tertiary/aromatic N) is 2. The first-order valence-electron chi connectivity index (χ1n) is 7.17. The van der Waals surface area contributed by atoms with E-state index in [4.69, 9.17) is 4.42 Å². The summed E-state index contributed by atoms with van der Waals surface area (Å²) in [5.74, 6) is -1.59. The Labute approximate surface area is 133 Å². The first-order valence-corrected chi connectivity index (χ1v) is 7.17. The fourth-order valence-electron chi connectivity index (χ4n) is 2.33. The second-order valence-corrected chi connectivity index (χ2v) is 6.04. The van der Waals surface area contributed by atoms with Crippen LogP contribution in [0.25, 0.3) is 11.5 Å². The summed E-state index contributed by atoms with van der Waals surface area (Å²) in [6.07, 6.45) is 1.34. The van der Waals surface area contributed by atoms with Crippen molar-refractivity contribution < 1.29 is 23.4 Å². The van der Waals surface area contributed by atoms with E-state index in [1.165, 1.54) is 12.3 Å². The minimum absolute atomic E-state index is 0.115. The lowest BCUT2D eigenvalue weighted by Crippen LogP contribution is -2.38. The van der Waals surface area contributed by atoms with E-state index in [-0.39, 0.29) is 24.7 Å². The molecule has 2 N–H and O–H groups in total. The van der Waals surface area contributed by atoms with E-state index in [2.05, 4.69) is 4.98 Å². The van der Waals surface area contributed by atoms with Gasteiger partial charge in [-0.25, -0.2) is 13.8 Å². The monoisotopic (exact) mass is 326 g/mol. The molecule has 0 spiro atoms. The fourth-order valence-corrected chi connectivity index (χ4v) is 2.33. The Balaban J connectivity index is 2.11. The van der Waals surface area contributed by atoms with E-state index >= 15 is 0 Å². The minimum atomic E-state index is -0.736. The van der Waals surface area contributed by atoms with Crippen LogP contribution in [0.5, 0.6) is 0 Å². The number of aliphatic hydroxyl groups excluding tert-OH is 2. The Morgan fingerprint density at radius 3 is 2.39 bits per heavy atom. The van der Waals surface area contributed by atoms with Crippen molar-refractivity contribution in [3.8, 4) is 11.5 Å². The summed E-state index contributed by atoms with van der Waals surface area (Å²) in [7, 11) is 1.79. The first kappa shape index (κ1) is 17.5. The van der Waals surface area contributed by atoms with Crippen LogP contribution in [0.2, 0.25) is 0 Å². The Hall–Kier alpha value is -1.83. The van der Waals surface area contributed by atoms with Crippen molar-refractivity contribution in [1.82, 2.24) is 9.88 Å². The van der Waals surface area contributed by atoms with Crippen LogP contribution in [0, 0.1) is 17.0 Å². The van der Waals surface area contributed by atoms with Gasteiger partial charge in [0, 0.05) is 18.5 Å². The number of halogens is 2. The molecule has 1 heterocycles. The van der Waals surface area contributed by atoms with Crippen LogP contribution < -0.4 is 0 Å². The molecule has 1 aromatic heterocycles. The zero-order valence-electron chi connectivity index (χ0n) is 13.1. The van der Waals surface area contributed by atoms with Crippen LogP contribution >= 0.6 is 0 Å². The number of aromatic nitrogens is 1. The van der Waals surface area contributed by atoms with Crippen molar-refractivity contribution in [2.24, 2.45) is 5.41 Å². The third kappa shape index (κ3) is 4.13. The zero-order valence-corrected chi connectivity index (χ0v) is 13.1. The number of aliphatic hydroxyl groups is 2. The van der Waals surface area contributed by atoms with Gasteiger partial charge in [-0.05, 0) is 19.2 Å². The summed E-state index contributed by atoms with van der Waals surface area (Å²) in [6, 6.07) is 3.56. The second-order valence-electron chi connectivity index (χ2n) is 6.04. The van der Waals surface area contributed by atoms with Gasteiger partial charge in [-0.3, -0.25) is 4.90 Å². The van der Waals surface area contributed by atoms with Gasteiger partial charge >= 0.3 is 0 Å². The van der Waals surface area contributed by atoms with E-state index in [0.29, 0.717) is 18.8 Å². The molecule has 0 radical (unpaired) electrons. The molecular formula is C16H20F2N2O3. The second kappa shape index (κ2) is 7.16. The summed E-state index contributed by atoms with van der Waals surface area (Å²) >= 11 is 0. The number of rotatable bonds is 7. The Morgan fingerprint density at radius 2 is 1.83 bits per heavy atom. The smallest absolute Gasteiger partial charge is 0.232 e. The van der Waals surface area contributed by atoms with E-state index in [1.807, 2.05) is 4.90 Å². The molecule has 0 atom stereocenters. The molecule has 2 rings (SSSR count). The Kier molecular flexibility index (Phi) is 5.46. The molecule has 0 fully saturated rings. The maximum absolute atomic E-state index is 13.7. The molecule has 0 aliphatic heterocycles. The summed E-state index contributed by atoms with van der Waals surface area (Å²) in [5, 5.41) is 18.6. The molecule has 126 valence electrons. The van der Waals surface area contributed by atoms with Crippen molar-refractivity contribution in [3.05, 3.63) is 41.8 Å². The summed E-state index contributed by atoms with van der Waals surface area (Å²) in [4.78, 5) is 5.95. The highest BCUT2D eigenvalue weighted by Gasteiger charge is 2.25. The fraction of sp³-hybridized carbons (Fsp3) is 0.438. The zero-order chi connectivity index (χ0) is 17.0. The van der Waals surface area contributed by atoms with Crippen molar-refractivity contribution in [2.45, 2.75) is 13.5 Å². The highest BCUT2D eigenvalue weighted by Crippen LogP contribution is 2.25. The van der Waals surface area contributed by atoms with Crippen molar-refractivity contribution in [1.29, 1.82) is 0 Å². The Bertz CT molecular complexity index is 636. The Morgan fingerprint density at radius 1 is 1.22 bits per heavy atom. The van der Waals surface area contributed by atoms with Gasteiger partial charge in [0.15, 0.2) is 0 Å². The highest BCUT2D eigenvalue weighted by atomic mass is 19.1. The molecule has 5 nitrogen and oxygen atoms in total. The molecule has 0 aliphatic rings. The largest absolute Gasteiger partial charge is 0.444 e. The molecule has 0 bridgehead atoms. The molecule has 1 aromatic carbocycles. The summed E-state index contributed by atoms with van der Waals surface area (Å²) in [5.41, 5.74) is -0.431.